The molecule has 0 aromatic heterocycles. The van der Waals surface area contributed by atoms with Crippen molar-refractivity contribution in [3.05, 3.63) is 64.6 Å². The van der Waals surface area contributed by atoms with E-state index in [0.29, 0.717) is 5.69 Å². The highest BCUT2D eigenvalue weighted by Gasteiger charge is 2.12. The summed E-state index contributed by atoms with van der Waals surface area (Å²) in [5, 5.41) is 8.29. The minimum absolute atomic E-state index is 0.105. The van der Waals surface area contributed by atoms with Crippen LogP contribution in [0.2, 0.25) is 0 Å². The Balaban J connectivity index is 1.71. The molecule has 0 heterocycles. The number of benzene rings is 2. The Morgan fingerprint density at radius 1 is 1.04 bits per heavy atom. The minimum Gasteiger partial charge on any atom is -0.349 e. The van der Waals surface area contributed by atoms with E-state index in [9.17, 15) is 9.59 Å². The SMILES string of the molecule is C[C@@H](NC(=O)CCNC(=O)Nc1ccccc1)c1ccccc1Br. The third kappa shape index (κ3) is 5.70. The van der Waals surface area contributed by atoms with Crippen LogP contribution in [0.5, 0.6) is 0 Å². The third-order valence-corrected chi connectivity index (χ3v) is 4.14. The maximum absolute atomic E-state index is 12.0. The summed E-state index contributed by atoms with van der Waals surface area (Å²) in [6.45, 7) is 2.20. The van der Waals surface area contributed by atoms with Crippen molar-refractivity contribution in [2.24, 2.45) is 0 Å². The van der Waals surface area contributed by atoms with Crippen molar-refractivity contribution in [3.63, 3.8) is 0 Å². The minimum atomic E-state index is -0.326. The molecule has 6 heteroatoms. The molecule has 0 fully saturated rings. The van der Waals surface area contributed by atoms with Gasteiger partial charge in [0.2, 0.25) is 5.91 Å². The van der Waals surface area contributed by atoms with E-state index in [0.717, 1.165) is 10.0 Å². The second-order valence-corrected chi connectivity index (χ2v) is 6.16. The van der Waals surface area contributed by atoms with Crippen LogP contribution in [0.25, 0.3) is 0 Å². The molecule has 5 nitrogen and oxygen atoms in total. The molecule has 3 amide bonds. The van der Waals surface area contributed by atoms with Crippen LogP contribution in [0.4, 0.5) is 10.5 Å². The number of halogens is 1. The molecule has 0 aliphatic heterocycles. The van der Waals surface area contributed by atoms with Gasteiger partial charge in [-0.1, -0.05) is 52.3 Å². The molecular weight excluding hydrogens is 370 g/mol. The molecular formula is C18H20BrN3O2. The normalized spacial score (nSPS) is 11.4. The van der Waals surface area contributed by atoms with Crippen molar-refractivity contribution in [1.29, 1.82) is 0 Å². The summed E-state index contributed by atoms with van der Waals surface area (Å²) >= 11 is 3.47. The summed E-state index contributed by atoms with van der Waals surface area (Å²) < 4.78 is 0.957. The number of amides is 3. The molecule has 0 radical (unpaired) electrons. The predicted molar refractivity (Wildman–Crippen MR) is 98.8 cm³/mol. The fourth-order valence-electron chi connectivity index (χ4n) is 2.20. The van der Waals surface area contributed by atoms with Crippen molar-refractivity contribution in [1.82, 2.24) is 10.6 Å². The molecule has 0 bridgehead atoms. The van der Waals surface area contributed by atoms with Gasteiger partial charge in [0.05, 0.1) is 6.04 Å². The summed E-state index contributed by atoms with van der Waals surface area (Å²) in [5.41, 5.74) is 1.72. The van der Waals surface area contributed by atoms with E-state index in [1.54, 1.807) is 12.1 Å². The fourth-order valence-corrected chi connectivity index (χ4v) is 2.83. The van der Waals surface area contributed by atoms with E-state index in [4.69, 9.17) is 0 Å². The number of nitrogens with one attached hydrogen (secondary N) is 3. The van der Waals surface area contributed by atoms with Crippen molar-refractivity contribution in [3.8, 4) is 0 Å². The molecule has 0 aliphatic rings. The van der Waals surface area contributed by atoms with Gasteiger partial charge in [0.25, 0.3) is 0 Å². The van der Waals surface area contributed by atoms with Gasteiger partial charge in [0.15, 0.2) is 0 Å². The number of para-hydroxylation sites is 1. The van der Waals surface area contributed by atoms with Gasteiger partial charge in [-0.15, -0.1) is 0 Å². The van der Waals surface area contributed by atoms with Gasteiger partial charge < -0.3 is 16.0 Å². The van der Waals surface area contributed by atoms with Crippen LogP contribution in [0, 0.1) is 0 Å². The molecule has 24 heavy (non-hydrogen) atoms. The summed E-state index contributed by atoms with van der Waals surface area (Å²) in [6, 6.07) is 16.5. The average Bonchev–Trinajstić information content (AvgIpc) is 2.56. The smallest absolute Gasteiger partial charge is 0.319 e. The van der Waals surface area contributed by atoms with E-state index < -0.39 is 0 Å². The predicted octanol–water partition coefficient (Wildman–Crippen LogP) is 3.84. The maximum atomic E-state index is 12.0. The van der Waals surface area contributed by atoms with Crippen LogP contribution >= 0.6 is 15.9 Å². The van der Waals surface area contributed by atoms with Crippen LogP contribution in [0.15, 0.2) is 59.1 Å². The second-order valence-electron chi connectivity index (χ2n) is 5.31. The lowest BCUT2D eigenvalue weighted by atomic mass is 10.1. The van der Waals surface area contributed by atoms with Crippen LogP contribution in [0.3, 0.4) is 0 Å². The fraction of sp³-hybridized carbons (Fsp3) is 0.222. The van der Waals surface area contributed by atoms with E-state index >= 15 is 0 Å². The van der Waals surface area contributed by atoms with E-state index in [2.05, 4.69) is 31.9 Å². The zero-order valence-electron chi connectivity index (χ0n) is 13.4. The van der Waals surface area contributed by atoms with Crippen LogP contribution in [-0.4, -0.2) is 18.5 Å². The molecule has 0 saturated heterocycles. The number of hydrogen-bond acceptors (Lipinski definition) is 2. The van der Waals surface area contributed by atoms with Crippen molar-refractivity contribution in [2.45, 2.75) is 19.4 Å². The molecule has 2 rings (SSSR count). The Morgan fingerprint density at radius 3 is 2.42 bits per heavy atom. The van der Waals surface area contributed by atoms with Crippen molar-refractivity contribution >= 4 is 33.6 Å². The van der Waals surface area contributed by atoms with E-state index in [1.807, 2.05) is 49.4 Å². The zero-order chi connectivity index (χ0) is 17.4. The van der Waals surface area contributed by atoms with Gasteiger partial charge in [0, 0.05) is 23.1 Å². The summed E-state index contributed by atoms with van der Waals surface area (Å²) in [6.07, 6.45) is 0.219. The van der Waals surface area contributed by atoms with Crippen LogP contribution in [0.1, 0.15) is 24.9 Å². The summed E-state index contributed by atoms with van der Waals surface area (Å²) in [4.78, 5) is 23.7. The molecule has 0 spiro atoms. The lowest BCUT2D eigenvalue weighted by Gasteiger charge is -2.16. The number of anilines is 1. The highest BCUT2D eigenvalue weighted by Crippen LogP contribution is 2.22. The summed E-state index contributed by atoms with van der Waals surface area (Å²) in [7, 11) is 0. The highest BCUT2D eigenvalue weighted by molar-refractivity contribution is 9.10. The van der Waals surface area contributed by atoms with E-state index in [1.165, 1.54) is 0 Å². The lowest BCUT2D eigenvalue weighted by Crippen LogP contribution is -2.34. The molecule has 0 unspecified atom stereocenters. The quantitative estimate of drug-likeness (QED) is 0.702. The molecule has 126 valence electrons. The first kappa shape index (κ1) is 18.0. The number of hydrogen-bond donors (Lipinski definition) is 3. The molecule has 2 aromatic carbocycles. The van der Waals surface area contributed by atoms with Gasteiger partial charge >= 0.3 is 6.03 Å². The van der Waals surface area contributed by atoms with Crippen molar-refractivity contribution < 1.29 is 9.59 Å². The lowest BCUT2D eigenvalue weighted by molar-refractivity contribution is -0.121. The number of carbonyl (C=O) groups excluding carboxylic acids is 2. The number of carbonyl (C=O) groups is 2. The molecule has 2 aromatic rings. The van der Waals surface area contributed by atoms with Crippen LogP contribution < -0.4 is 16.0 Å². The highest BCUT2D eigenvalue weighted by atomic mass is 79.9. The largest absolute Gasteiger partial charge is 0.349 e. The first-order valence-corrected chi connectivity index (χ1v) is 8.49. The average molecular weight is 390 g/mol. The standard InChI is InChI=1S/C18H20BrN3O2/c1-13(15-9-5-6-10-16(15)19)21-17(23)11-12-20-18(24)22-14-7-3-2-4-8-14/h2-10,13H,11-12H2,1H3,(H,21,23)(H2,20,22,24)/t13-/m1/s1. The summed E-state index contributed by atoms with van der Waals surface area (Å²) in [5.74, 6) is -0.113. The first-order chi connectivity index (χ1) is 11.6. The Hall–Kier alpha value is -2.34. The topological polar surface area (TPSA) is 70.2 Å². The Bertz CT molecular complexity index is 692. The van der Waals surface area contributed by atoms with Gasteiger partial charge in [-0.25, -0.2) is 4.79 Å². The monoisotopic (exact) mass is 389 g/mol. The van der Waals surface area contributed by atoms with E-state index in [-0.39, 0.29) is 30.9 Å². The molecule has 0 saturated carbocycles. The van der Waals surface area contributed by atoms with Gasteiger partial charge in [0.1, 0.15) is 0 Å². The van der Waals surface area contributed by atoms with Gasteiger partial charge in [-0.3, -0.25) is 4.79 Å². The zero-order valence-corrected chi connectivity index (χ0v) is 15.0. The van der Waals surface area contributed by atoms with Crippen LogP contribution in [-0.2, 0) is 4.79 Å². The third-order valence-electron chi connectivity index (χ3n) is 3.42. The first-order valence-electron chi connectivity index (χ1n) is 7.70. The maximum Gasteiger partial charge on any atom is 0.319 e. The number of rotatable bonds is 6. The molecule has 0 aliphatic carbocycles. The van der Waals surface area contributed by atoms with Gasteiger partial charge in [-0.05, 0) is 30.7 Å². The van der Waals surface area contributed by atoms with Crippen molar-refractivity contribution in [2.75, 3.05) is 11.9 Å². The Kier molecular flexibility index (Phi) is 6.81. The Morgan fingerprint density at radius 2 is 1.71 bits per heavy atom. The second kappa shape index (κ2) is 9.08. The molecule has 1 atom stereocenters. The number of urea groups is 1. The van der Waals surface area contributed by atoms with Gasteiger partial charge in [-0.2, -0.15) is 0 Å². The Labute approximate surface area is 150 Å². The molecule has 3 N–H and O–H groups in total.